The van der Waals surface area contributed by atoms with Gasteiger partial charge in [-0.15, -0.1) is 0 Å². The van der Waals surface area contributed by atoms with Crippen LogP contribution in [0.4, 0.5) is 13.2 Å². The van der Waals surface area contributed by atoms with Gasteiger partial charge in [-0.2, -0.15) is 13.2 Å². The summed E-state index contributed by atoms with van der Waals surface area (Å²) in [6.07, 6.45) is -5.15. The zero-order valence-electron chi connectivity index (χ0n) is 9.82. The lowest BCUT2D eigenvalue weighted by molar-refractivity contribution is -0.151. The van der Waals surface area contributed by atoms with Crippen molar-refractivity contribution in [1.29, 1.82) is 0 Å². The van der Waals surface area contributed by atoms with Gasteiger partial charge < -0.3 is 4.74 Å². The first kappa shape index (κ1) is 14.3. The molecule has 0 spiro atoms. The summed E-state index contributed by atoms with van der Waals surface area (Å²) in [7, 11) is 0. The largest absolute Gasteiger partial charge is 0.462 e. The van der Waals surface area contributed by atoms with Crippen LogP contribution in [-0.2, 0) is 22.3 Å². The maximum atomic E-state index is 12.6. The molecule has 0 aromatic carbocycles. The fraction of sp³-hybridized carbons (Fsp3) is 0.455. The van der Waals surface area contributed by atoms with Crippen molar-refractivity contribution in [2.24, 2.45) is 0 Å². The van der Waals surface area contributed by atoms with Crippen LogP contribution < -0.4 is 5.56 Å². The van der Waals surface area contributed by atoms with Gasteiger partial charge in [-0.25, -0.2) is 0 Å². The highest BCUT2D eigenvalue weighted by atomic mass is 19.4. The number of esters is 1. The first-order valence-corrected chi connectivity index (χ1v) is 5.18. The Morgan fingerprint density at radius 2 is 2.00 bits per heavy atom. The Morgan fingerprint density at radius 3 is 2.50 bits per heavy atom. The average molecular weight is 263 g/mol. The van der Waals surface area contributed by atoms with Gasteiger partial charge in [-0.1, -0.05) is 6.07 Å². The maximum Gasteiger partial charge on any atom is 0.431 e. The number of aromatic nitrogens is 1. The highest BCUT2D eigenvalue weighted by Gasteiger charge is 2.34. The van der Waals surface area contributed by atoms with E-state index < -0.39 is 36.0 Å². The molecule has 1 aromatic heterocycles. The topological polar surface area (TPSA) is 48.3 Å². The third-order valence-electron chi connectivity index (χ3n) is 1.99. The second-order valence-corrected chi connectivity index (χ2v) is 3.87. The van der Waals surface area contributed by atoms with Crippen molar-refractivity contribution in [1.82, 2.24) is 4.57 Å². The smallest absolute Gasteiger partial charge is 0.431 e. The van der Waals surface area contributed by atoms with Gasteiger partial charge in [0.05, 0.1) is 6.10 Å². The van der Waals surface area contributed by atoms with Crippen LogP contribution in [-0.4, -0.2) is 16.6 Å². The van der Waals surface area contributed by atoms with Crippen molar-refractivity contribution in [2.75, 3.05) is 0 Å². The summed E-state index contributed by atoms with van der Waals surface area (Å²) in [6, 6.07) is 2.69. The molecule has 0 bridgehead atoms. The van der Waals surface area contributed by atoms with E-state index in [2.05, 4.69) is 0 Å². The fourth-order valence-corrected chi connectivity index (χ4v) is 1.36. The standard InChI is InChI=1S/C11H12F3NO3/c1-7(2)18-10(17)6-15-8(11(12,13)14)4-3-5-9(15)16/h3-5,7H,6H2,1-2H3. The van der Waals surface area contributed by atoms with Crippen LogP contribution in [0.1, 0.15) is 19.5 Å². The molecule has 0 aliphatic carbocycles. The monoisotopic (exact) mass is 263 g/mol. The molecule has 0 fully saturated rings. The zero-order chi connectivity index (χ0) is 13.9. The number of rotatable bonds is 3. The van der Waals surface area contributed by atoms with Crippen molar-refractivity contribution in [2.45, 2.75) is 32.7 Å². The Balaban J connectivity index is 3.08. The van der Waals surface area contributed by atoms with E-state index in [0.717, 1.165) is 18.2 Å². The number of pyridine rings is 1. The van der Waals surface area contributed by atoms with Gasteiger partial charge in [-0.05, 0) is 19.9 Å². The summed E-state index contributed by atoms with van der Waals surface area (Å²) in [5.74, 6) is -0.885. The molecule has 18 heavy (non-hydrogen) atoms. The number of carbonyl (C=O) groups is 1. The van der Waals surface area contributed by atoms with Crippen LogP contribution in [0.3, 0.4) is 0 Å². The Morgan fingerprint density at radius 1 is 1.39 bits per heavy atom. The number of nitrogens with zero attached hydrogens (tertiary/aromatic N) is 1. The van der Waals surface area contributed by atoms with Crippen molar-refractivity contribution in [3.8, 4) is 0 Å². The minimum absolute atomic E-state index is 0.352. The average Bonchev–Trinajstić information content (AvgIpc) is 2.18. The van der Waals surface area contributed by atoms with E-state index in [1.54, 1.807) is 13.8 Å². The maximum absolute atomic E-state index is 12.6. The molecule has 0 N–H and O–H groups in total. The van der Waals surface area contributed by atoms with Crippen molar-refractivity contribution in [3.05, 3.63) is 34.2 Å². The minimum Gasteiger partial charge on any atom is -0.462 e. The van der Waals surface area contributed by atoms with Gasteiger partial charge in [0.2, 0.25) is 0 Å². The van der Waals surface area contributed by atoms with Gasteiger partial charge in [-0.3, -0.25) is 14.2 Å². The van der Waals surface area contributed by atoms with Gasteiger partial charge in [0.25, 0.3) is 5.56 Å². The minimum atomic E-state index is -4.70. The lowest BCUT2D eigenvalue weighted by Crippen LogP contribution is -2.31. The lowest BCUT2D eigenvalue weighted by atomic mass is 10.3. The summed E-state index contributed by atoms with van der Waals surface area (Å²) >= 11 is 0. The molecule has 1 heterocycles. The number of hydrogen-bond donors (Lipinski definition) is 0. The molecule has 0 amide bonds. The van der Waals surface area contributed by atoms with Gasteiger partial charge in [0, 0.05) is 6.07 Å². The van der Waals surface area contributed by atoms with Crippen LogP contribution in [0, 0.1) is 0 Å². The number of halogens is 3. The van der Waals surface area contributed by atoms with Gasteiger partial charge in [0.1, 0.15) is 12.2 Å². The number of alkyl halides is 3. The van der Waals surface area contributed by atoms with Crippen molar-refractivity contribution < 1.29 is 22.7 Å². The van der Waals surface area contributed by atoms with Crippen molar-refractivity contribution in [3.63, 3.8) is 0 Å². The van der Waals surface area contributed by atoms with Crippen LogP contribution >= 0.6 is 0 Å². The van der Waals surface area contributed by atoms with E-state index in [1.807, 2.05) is 0 Å². The Hall–Kier alpha value is -1.79. The molecular formula is C11H12F3NO3. The van der Waals surface area contributed by atoms with Crippen LogP contribution in [0.5, 0.6) is 0 Å². The molecule has 7 heteroatoms. The number of carbonyl (C=O) groups excluding carboxylic acids is 1. The quantitative estimate of drug-likeness (QED) is 0.781. The molecule has 0 saturated heterocycles. The second kappa shape index (κ2) is 5.24. The summed E-state index contributed by atoms with van der Waals surface area (Å²) < 4.78 is 43.0. The van der Waals surface area contributed by atoms with E-state index in [1.165, 1.54) is 0 Å². The Bertz CT molecular complexity index is 491. The highest BCUT2D eigenvalue weighted by molar-refractivity contribution is 5.69. The molecular weight excluding hydrogens is 251 g/mol. The summed E-state index contributed by atoms with van der Waals surface area (Å²) in [5, 5.41) is 0. The van der Waals surface area contributed by atoms with E-state index in [4.69, 9.17) is 4.74 Å². The molecule has 0 unspecified atom stereocenters. The molecule has 100 valence electrons. The van der Waals surface area contributed by atoms with Crippen LogP contribution in [0.2, 0.25) is 0 Å². The van der Waals surface area contributed by atoms with Crippen molar-refractivity contribution >= 4 is 5.97 Å². The first-order valence-electron chi connectivity index (χ1n) is 5.18. The van der Waals surface area contributed by atoms with Gasteiger partial charge in [0.15, 0.2) is 0 Å². The van der Waals surface area contributed by atoms with E-state index in [0.29, 0.717) is 4.57 Å². The van der Waals surface area contributed by atoms with E-state index in [9.17, 15) is 22.8 Å². The van der Waals surface area contributed by atoms with Crippen LogP contribution in [0.15, 0.2) is 23.0 Å². The third-order valence-corrected chi connectivity index (χ3v) is 1.99. The molecule has 0 aliphatic heterocycles. The number of ether oxygens (including phenoxy) is 1. The second-order valence-electron chi connectivity index (χ2n) is 3.87. The SMILES string of the molecule is CC(C)OC(=O)Cn1c(C(F)(F)F)cccc1=O. The molecule has 1 rings (SSSR count). The molecule has 0 aliphatic rings. The summed E-state index contributed by atoms with van der Waals surface area (Å²) in [6.45, 7) is 2.37. The molecule has 4 nitrogen and oxygen atoms in total. The number of hydrogen-bond acceptors (Lipinski definition) is 3. The van der Waals surface area contributed by atoms with Crippen LogP contribution in [0.25, 0.3) is 0 Å². The third kappa shape index (κ3) is 3.61. The summed E-state index contributed by atoms with van der Waals surface area (Å²) in [5.41, 5.74) is -2.07. The Kier molecular flexibility index (Phi) is 4.15. The predicted molar refractivity (Wildman–Crippen MR) is 56.9 cm³/mol. The van der Waals surface area contributed by atoms with Gasteiger partial charge >= 0.3 is 12.1 Å². The molecule has 1 aromatic rings. The van der Waals surface area contributed by atoms with E-state index in [-0.39, 0.29) is 0 Å². The fourth-order valence-electron chi connectivity index (χ4n) is 1.36. The first-order chi connectivity index (χ1) is 8.21. The Labute approximate surface area is 101 Å². The summed E-state index contributed by atoms with van der Waals surface area (Å²) in [4.78, 5) is 22.7. The molecule has 0 saturated carbocycles. The molecule has 0 atom stereocenters. The normalized spacial score (nSPS) is 11.7. The molecule has 0 radical (unpaired) electrons. The van der Waals surface area contributed by atoms with E-state index >= 15 is 0 Å². The highest BCUT2D eigenvalue weighted by Crippen LogP contribution is 2.28. The lowest BCUT2D eigenvalue weighted by Gasteiger charge is -2.15. The predicted octanol–water partition coefficient (Wildman–Crippen LogP) is 1.82. The zero-order valence-corrected chi connectivity index (χ0v) is 9.82.